The fraction of sp³-hybridized carbons (Fsp3) is 0.364. The highest BCUT2D eigenvalue weighted by Gasteiger charge is 2.37. The van der Waals surface area contributed by atoms with E-state index in [0.29, 0.717) is 13.0 Å². The molecule has 1 saturated heterocycles. The van der Waals surface area contributed by atoms with Crippen LogP contribution in [0.25, 0.3) is 11.1 Å². The number of nitrogens with one attached hydrogen (secondary N) is 1. The van der Waals surface area contributed by atoms with E-state index >= 15 is 0 Å². The van der Waals surface area contributed by atoms with Crippen LogP contribution in [0.2, 0.25) is 0 Å². The van der Waals surface area contributed by atoms with Crippen molar-refractivity contribution in [3.05, 3.63) is 95.6 Å². The lowest BCUT2D eigenvalue weighted by Crippen LogP contribution is -2.58. The van der Waals surface area contributed by atoms with Crippen molar-refractivity contribution in [1.29, 1.82) is 0 Å². The molecule has 0 spiro atoms. The van der Waals surface area contributed by atoms with E-state index in [0.717, 1.165) is 40.7 Å². The molecule has 3 aromatic carbocycles. The summed E-state index contributed by atoms with van der Waals surface area (Å²) in [5.41, 5.74) is 5.38. The van der Waals surface area contributed by atoms with Gasteiger partial charge in [0.15, 0.2) is 0 Å². The van der Waals surface area contributed by atoms with E-state index in [-0.39, 0.29) is 31.5 Å². The number of nitrogens with zero attached hydrogens (tertiary/aromatic N) is 1. The van der Waals surface area contributed by atoms with Gasteiger partial charge < -0.3 is 24.8 Å². The number of aliphatic carboxylic acids is 1. The summed E-state index contributed by atoms with van der Waals surface area (Å²) in [5.74, 6) is -1.43. The van der Waals surface area contributed by atoms with Gasteiger partial charge in [0.1, 0.15) is 12.6 Å². The number of carbonyl (C=O) groups is 3. The van der Waals surface area contributed by atoms with Gasteiger partial charge in [-0.15, -0.1) is 0 Å². The Hall–Kier alpha value is -4.17. The van der Waals surface area contributed by atoms with E-state index in [1.54, 1.807) is 11.8 Å². The average molecular weight is 557 g/mol. The molecule has 0 saturated carbocycles. The number of carboxylic acid groups (broad SMARTS) is 1. The second-order valence-electron chi connectivity index (χ2n) is 10.7. The van der Waals surface area contributed by atoms with Gasteiger partial charge in [-0.25, -0.2) is 4.79 Å². The predicted octanol–water partition coefficient (Wildman–Crippen LogP) is 5.35. The van der Waals surface area contributed by atoms with E-state index in [1.165, 1.54) is 0 Å². The molecule has 214 valence electrons. The van der Waals surface area contributed by atoms with Crippen LogP contribution < -0.4 is 5.32 Å². The van der Waals surface area contributed by atoms with Crippen LogP contribution in [0.3, 0.4) is 0 Å². The molecule has 1 heterocycles. The van der Waals surface area contributed by atoms with Crippen molar-refractivity contribution in [3.8, 4) is 11.1 Å². The van der Waals surface area contributed by atoms with Gasteiger partial charge in [-0.3, -0.25) is 9.59 Å². The molecule has 0 radical (unpaired) electrons. The molecular formula is C33H36N2O6. The SMILES string of the molecule is CC(OCc1ccccc1)C(NC(=O)OCC1c2ccccc2-c2ccccc21)C(=O)N1CCCC[C@@H]1CC(=O)O. The molecule has 1 aliphatic heterocycles. The first kappa shape index (κ1) is 28.4. The molecule has 3 atom stereocenters. The molecular weight excluding hydrogens is 520 g/mol. The van der Waals surface area contributed by atoms with Crippen molar-refractivity contribution >= 4 is 18.0 Å². The molecule has 2 aliphatic rings. The van der Waals surface area contributed by atoms with Crippen LogP contribution in [-0.2, 0) is 25.7 Å². The number of carboxylic acids is 1. The minimum atomic E-state index is -1.04. The first-order valence-electron chi connectivity index (χ1n) is 14.2. The Morgan fingerprint density at radius 3 is 2.22 bits per heavy atom. The number of hydrogen-bond acceptors (Lipinski definition) is 5. The monoisotopic (exact) mass is 556 g/mol. The summed E-state index contributed by atoms with van der Waals surface area (Å²) < 4.78 is 11.8. The number of amides is 2. The molecule has 2 N–H and O–H groups in total. The summed E-state index contributed by atoms with van der Waals surface area (Å²) in [5, 5.41) is 12.2. The van der Waals surface area contributed by atoms with E-state index in [9.17, 15) is 19.5 Å². The predicted molar refractivity (Wildman–Crippen MR) is 154 cm³/mol. The van der Waals surface area contributed by atoms with Crippen molar-refractivity contribution in [1.82, 2.24) is 10.2 Å². The van der Waals surface area contributed by atoms with Crippen LogP contribution in [0.15, 0.2) is 78.9 Å². The van der Waals surface area contributed by atoms with Gasteiger partial charge in [-0.1, -0.05) is 78.9 Å². The van der Waals surface area contributed by atoms with Crippen molar-refractivity contribution in [2.24, 2.45) is 0 Å². The Kier molecular flexibility index (Phi) is 8.99. The van der Waals surface area contributed by atoms with Crippen LogP contribution in [0, 0.1) is 0 Å². The van der Waals surface area contributed by atoms with Crippen molar-refractivity contribution < 1.29 is 29.0 Å². The molecule has 8 heteroatoms. The summed E-state index contributed by atoms with van der Waals surface area (Å²) in [6, 6.07) is 24.3. The smallest absolute Gasteiger partial charge is 0.407 e. The maximum atomic E-state index is 13.8. The van der Waals surface area contributed by atoms with Crippen LogP contribution in [0.5, 0.6) is 0 Å². The number of piperidine rings is 1. The second kappa shape index (κ2) is 13.0. The normalized spacial score (nSPS) is 17.7. The minimum Gasteiger partial charge on any atom is -0.481 e. The molecule has 8 nitrogen and oxygen atoms in total. The van der Waals surface area contributed by atoms with Crippen LogP contribution in [0.4, 0.5) is 4.79 Å². The second-order valence-corrected chi connectivity index (χ2v) is 10.7. The highest BCUT2D eigenvalue weighted by atomic mass is 16.5. The number of alkyl carbamates (subject to hydrolysis) is 1. The van der Waals surface area contributed by atoms with Crippen molar-refractivity contribution in [3.63, 3.8) is 0 Å². The zero-order valence-corrected chi connectivity index (χ0v) is 23.2. The van der Waals surface area contributed by atoms with Gasteiger partial charge in [0.2, 0.25) is 5.91 Å². The van der Waals surface area contributed by atoms with E-state index in [4.69, 9.17) is 9.47 Å². The Labute approximate surface area is 240 Å². The van der Waals surface area contributed by atoms with E-state index < -0.39 is 30.3 Å². The first-order chi connectivity index (χ1) is 19.9. The Bertz CT molecular complexity index is 1330. The van der Waals surface area contributed by atoms with Crippen LogP contribution in [-0.4, -0.2) is 59.3 Å². The third kappa shape index (κ3) is 6.60. The lowest BCUT2D eigenvalue weighted by atomic mass is 9.97. The lowest BCUT2D eigenvalue weighted by Gasteiger charge is -2.38. The maximum absolute atomic E-state index is 13.8. The highest BCUT2D eigenvalue weighted by molar-refractivity contribution is 5.87. The summed E-state index contributed by atoms with van der Waals surface area (Å²) in [6.07, 6.45) is 0.700. The molecule has 2 unspecified atom stereocenters. The number of hydrogen-bond donors (Lipinski definition) is 2. The number of carbonyl (C=O) groups excluding carboxylic acids is 2. The van der Waals surface area contributed by atoms with Crippen LogP contribution >= 0.6 is 0 Å². The zero-order valence-electron chi connectivity index (χ0n) is 23.2. The molecule has 2 amide bonds. The number of likely N-dealkylation sites (tertiary alicyclic amines) is 1. The highest BCUT2D eigenvalue weighted by Crippen LogP contribution is 2.44. The van der Waals surface area contributed by atoms with Gasteiger partial charge in [0.25, 0.3) is 0 Å². The maximum Gasteiger partial charge on any atom is 0.407 e. The fourth-order valence-electron chi connectivity index (χ4n) is 5.93. The molecule has 5 rings (SSSR count). The Balaban J connectivity index is 1.30. The summed E-state index contributed by atoms with van der Waals surface area (Å²) in [7, 11) is 0. The number of rotatable bonds is 10. The average Bonchev–Trinajstić information content (AvgIpc) is 3.31. The van der Waals surface area contributed by atoms with Gasteiger partial charge in [0, 0.05) is 18.5 Å². The molecule has 1 aliphatic carbocycles. The fourth-order valence-corrected chi connectivity index (χ4v) is 5.93. The van der Waals surface area contributed by atoms with Gasteiger partial charge in [0.05, 0.1) is 19.1 Å². The van der Waals surface area contributed by atoms with Crippen LogP contribution in [0.1, 0.15) is 55.2 Å². The van der Waals surface area contributed by atoms with E-state index in [1.807, 2.05) is 66.7 Å². The number of benzene rings is 3. The third-order valence-corrected chi connectivity index (χ3v) is 8.03. The standard InChI is InChI=1S/C33H36N2O6/c1-22(40-20-23-11-3-2-4-12-23)31(32(38)35-18-10-9-13-24(35)19-30(36)37)34-33(39)41-21-29-27-16-7-5-14-25(27)26-15-6-8-17-28(26)29/h2-8,11-12,14-17,22,24,29,31H,9-10,13,18-21H2,1H3,(H,34,39)(H,36,37)/t22?,24-,31?/m1/s1. The molecule has 41 heavy (non-hydrogen) atoms. The zero-order chi connectivity index (χ0) is 28.8. The van der Waals surface area contributed by atoms with Gasteiger partial charge >= 0.3 is 12.1 Å². The molecule has 3 aromatic rings. The summed E-state index contributed by atoms with van der Waals surface area (Å²) in [6.45, 7) is 2.55. The summed E-state index contributed by atoms with van der Waals surface area (Å²) >= 11 is 0. The molecule has 0 bridgehead atoms. The van der Waals surface area contributed by atoms with Crippen molar-refractivity contribution in [2.45, 2.75) is 63.3 Å². The molecule has 0 aromatic heterocycles. The minimum absolute atomic E-state index is 0.115. The quantitative estimate of drug-likeness (QED) is 0.349. The summed E-state index contributed by atoms with van der Waals surface area (Å²) in [4.78, 5) is 40.2. The van der Waals surface area contributed by atoms with Crippen molar-refractivity contribution in [2.75, 3.05) is 13.2 Å². The first-order valence-corrected chi connectivity index (χ1v) is 14.2. The van der Waals surface area contributed by atoms with Gasteiger partial charge in [-0.2, -0.15) is 0 Å². The van der Waals surface area contributed by atoms with Gasteiger partial charge in [-0.05, 0) is 54.0 Å². The molecule has 1 fully saturated rings. The number of fused-ring (bicyclic) bond motifs is 3. The Morgan fingerprint density at radius 2 is 1.56 bits per heavy atom. The topological polar surface area (TPSA) is 105 Å². The largest absolute Gasteiger partial charge is 0.481 e. The number of ether oxygens (including phenoxy) is 2. The lowest BCUT2D eigenvalue weighted by molar-refractivity contribution is -0.145. The third-order valence-electron chi connectivity index (χ3n) is 8.03. The Morgan fingerprint density at radius 1 is 0.927 bits per heavy atom. The van der Waals surface area contributed by atoms with E-state index in [2.05, 4.69) is 17.4 Å².